The average molecular weight is 740 g/mol. The number of fused-ring (bicyclic) bond motifs is 9. The second-order valence-corrected chi connectivity index (χ2v) is 22.1. The smallest absolute Gasteiger partial charge is 0.0784 e. The number of aryl methyl sites for hydroxylation is 1. The van der Waals surface area contributed by atoms with Crippen LogP contribution in [0.1, 0.15) is 60.4 Å². The van der Waals surface area contributed by atoms with E-state index in [1.807, 2.05) is 0 Å². The first-order valence-corrected chi connectivity index (χ1v) is 24.0. The van der Waals surface area contributed by atoms with E-state index in [1.165, 1.54) is 98.6 Å². The van der Waals surface area contributed by atoms with Crippen LogP contribution in [-0.2, 0) is 12.5 Å². The highest BCUT2D eigenvalue weighted by Crippen LogP contribution is 2.57. The van der Waals surface area contributed by atoms with Gasteiger partial charge in [0.05, 0.1) is 8.07 Å². The predicted molar refractivity (Wildman–Crippen MR) is 244 cm³/mol. The van der Waals surface area contributed by atoms with Gasteiger partial charge in [-0.3, -0.25) is 0 Å². The van der Waals surface area contributed by atoms with Crippen LogP contribution in [0.15, 0.2) is 158 Å². The fourth-order valence-corrected chi connectivity index (χ4v) is 12.3. The van der Waals surface area contributed by atoms with Crippen molar-refractivity contribution in [3.8, 4) is 22.3 Å². The fraction of sp³-hybridized carbons (Fsp3) is 0.185. The van der Waals surface area contributed by atoms with Crippen LogP contribution < -0.4 is 5.19 Å². The van der Waals surface area contributed by atoms with Crippen molar-refractivity contribution in [3.63, 3.8) is 0 Å². The summed E-state index contributed by atoms with van der Waals surface area (Å²) in [7, 11) is 0.643. The summed E-state index contributed by atoms with van der Waals surface area (Å²) in [6.07, 6.45) is 2.07. The maximum Gasteiger partial charge on any atom is 0.0784 e. The van der Waals surface area contributed by atoms with Crippen molar-refractivity contribution in [3.05, 3.63) is 186 Å². The van der Waals surface area contributed by atoms with Gasteiger partial charge < -0.3 is 4.57 Å². The maximum atomic E-state index is 2.61. The average Bonchev–Trinajstić information content (AvgIpc) is 3.69. The van der Waals surface area contributed by atoms with Crippen LogP contribution >= 0.6 is 0 Å². The molecular formula is C54H49NSi. The molecule has 1 unspecified atom stereocenters. The minimum Gasteiger partial charge on any atom is -0.344 e. The van der Waals surface area contributed by atoms with Crippen LogP contribution in [0, 0.1) is 0 Å². The van der Waals surface area contributed by atoms with Gasteiger partial charge in [0.15, 0.2) is 0 Å². The van der Waals surface area contributed by atoms with Crippen molar-refractivity contribution in [2.75, 3.05) is 0 Å². The van der Waals surface area contributed by atoms with E-state index in [0.29, 0.717) is 0 Å². The molecule has 1 heterocycles. The summed E-state index contributed by atoms with van der Waals surface area (Å²) in [5, 5.41) is 9.66. The third-order valence-electron chi connectivity index (χ3n) is 13.4. The molecule has 0 spiro atoms. The van der Waals surface area contributed by atoms with Crippen LogP contribution in [-0.4, -0.2) is 12.6 Å². The van der Waals surface area contributed by atoms with E-state index in [9.17, 15) is 0 Å². The summed E-state index contributed by atoms with van der Waals surface area (Å²) in [6, 6.07) is 60.3. The van der Waals surface area contributed by atoms with Gasteiger partial charge in [0.2, 0.25) is 0 Å². The molecule has 1 nitrogen and oxygen atoms in total. The van der Waals surface area contributed by atoms with E-state index in [0.717, 1.165) is 12.8 Å². The number of para-hydroxylation sites is 1. The highest BCUT2D eigenvalue weighted by molar-refractivity contribution is 6.90. The van der Waals surface area contributed by atoms with Gasteiger partial charge >= 0.3 is 0 Å². The van der Waals surface area contributed by atoms with Gasteiger partial charge in [0.1, 0.15) is 0 Å². The fourth-order valence-electron chi connectivity index (χ4n) is 10.6. The zero-order chi connectivity index (χ0) is 38.3. The molecule has 0 radical (unpaired) electrons. The zero-order valence-corrected chi connectivity index (χ0v) is 34.4. The monoisotopic (exact) mass is 739 g/mol. The molecule has 0 fully saturated rings. The van der Waals surface area contributed by atoms with Gasteiger partial charge in [0.25, 0.3) is 0 Å². The molecule has 274 valence electrons. The lowest BCUT2D eigenvalue weighted by Crippen LogP contribution is -2.38. The minimum absolute atomic E-state index is 0.0784. The van der Waals surface area contributed by atoms with Crippen LogP contribution in [0.25, 0.3) is 65.6 Å². The molecule has 0 aliphatic heterocycles. The van der Waals surface area contributed by atoms with Crippen molar-refractivity contribution >= 4 is 56.6 Å². The number of benzene rings is 8. The highest BCUT2D eigenvalue weighted by Gasteiger charge is 2.42. The van der Waals surface area contributed by atoms with Crippen LogP contribution in [0.2, 0.25) is 19.6 Å². The molecule has 1 aliphatic rings. The van der Waals surface area contributed by atoms with Gasteiger partial charge in [0, 0.05) is 40.2 Å². The number of hydrogen-bond donors (Lipinski definition) is 0. The van der Waals surface area contributed by atoms with E-state index in [1.54, 1.807) is 0 Å². The molecule has 1 aliphatic carbocycles. The van der Waals surface area contributed by atoms with Crippen molar-refractivity contribution < 1.29 is 0 Å². The molecule has 1 aromatic heterocycles. The maximum absolute atomic E-state index is 2.61. The van der Waals surface area contributed by atoms with E-state index in [4.69, 9.17) is 0 Å². The first-order chi connectivity index (χ1) is 27.2. The second kappa shape index (κ2) is 12.9. The lowest BCUT2D eigenvalue weighted by Gasteiger charge is -2.31. The van der Waals surface area contributed by atoms with E-state index in [-0.39, 0.29) is 11.3 Å². The minimum atomic E-state index is -1.56. The Morgan fingerprint density at radius 2 is 1.11 bits per heavy atom. The summed E-state index contributed by atoms with van der Waals surface area (Å²) in [6.45, 7) is 12.2. The topological polar surface area (TPSA) is 4.93 Å². The molecule has 9 aromatic rings. The summed E-state index contributed by atoms with van der Waals surface area (Å²) in [4.78, 5) is 0. The molecule has 10 rings (SSSR count). The van der Waals surface area contributed by atoms with Crippen molar-refractivity contribution in [1.29, 1.82) is 0 Å². The molecule has 0 N–H and O–H groups in total. The predicted octanol–water partition coefficient (Wildman–Crippen LogP) is 14.1. The Balaban J connectivity index is 1.23. The molecular weight excluding hydrogens is 691 g/mol. The first kappa shape index (κ1) is 34.8. The Bertz CT molecular complexity index is 2990. The Hall–Kier alpha value is -5.70. The third kappa shape index (κ3) is 4.98. The number of hydrogen-bond acceptors (Lipinski definition) is 0. The standard InChI is InChI=1S/C54H49NSi/c1-7-54(8-2)46-33-36(51(35-19-10-9-11-20-35)44-26-18-28-49-53(44)43-25-16-17-27-48(43)55(49)3)29-30-42(46)52-41-24-15-13-22-38(41)45(34-47(52)54)39-31-32-50(56(4,5)6)40-23-14-12-21-37(39)40/h9-34,51H,7-8H2,1-6H3. The lowest BCUT2D eigenvalue weighted by molar-refractivity contribution is 0.490. The normalized spacial score (nSPS) is 14.1. The molecule has 2 heteroatoms. The van der Waals surface area contributed by atoms with Gasteiger partial charge in [-0.2, -0.15) is 0 Å². The van der Waals surface area contributed by atoms with E-state index >= 15 is 0 Å². The van der Waals surface area contributed by atoms with E-state index < -0.39 is 8.07 Å². The summed E-state index contributed by atoms with van der Waals surface area (Å²) in [5.74, 6) is 0.0784. The summed E-state index contributed by atoms with van der Waals surface area (Å²) in [5.41, 5.74) is 14.9. The molecule has 8 aromatic carbocycles. The quantitative estimate of drug-likeness (QED) is 0.113. The highest BCUT2D eigenvalue weighted by atomic mass is 28.3. The van der Waals surface area contributed by atoms with Crippen LogP contribution in [0.4, 0.5) is 0 Å². The second-order valence-electron chi connectivity index (χ2n) is 17.1. The Morgan fingerprint density at radius 3 is 1.82 bits per heavy atom. The lowest BCUT2D eigenvalue weighted by atomic mass is 9.72. The molecule has 0 saturated heterocycles. The number of aromatic nitrogens is 1. The molecule has 56 heavy (non-hydrogen) atoms. The Labute approximate surface area is 332 Å². The largest absolute Gasteiger partial charge is 0.344 e. The molecule has 0 bridgehead atoms. The Kier molecular flexibility index (Phi) is 8.03. The van der Waals surface area contributed by atoms with Gasteiger partial charge in [-0.1, -0.05) is 178 Å². The van der Waals surface area contributed by atoms with Crippen LogP contribution in [0.5, 0.6) is 0 Å². The molecule has 1 atom stereocenters. The number of rotatable bonds is 7. The third-order valence-corrected chi connectivity index (χ3v) is 15.4. The summed E-state index contributed by atoms with van der Waals surface area (Å²) < 4.78 is 2.36. The van der Waals surface area contributed by atoms with Crippen molar-refractivity contribution in [2.24, 2.45) is 7.05 Å². The van der Waals surface area contributed by atoms with E-state index in [2.05, 4.69) is 203 Å². The zero-order valence-electron chi connectivity index (χ0n) is 33.4. The van der Waals surface area contributed by atoms with Gasteiger partial charge in [-0.15, -0.1) is 0 Å². The first-order valence-electron chi connectivity index (χ1n) is 20.5. The van der Waals surface area contributed by atoms with Gasteiger partial charge in [-0.05, 0) is 103 Å². The van der Waals surface area contributed by atoms with Crippen molar-refractivity contribution in [2.45, 2.75) is 57.7 Å². The summed E-state index contributed by atoms with van der Waals surface area (Å²) >= 11 is 0. The molecule has 0 saturated carbocycles. The SMILES string of the molecule is CCC1(CC)c2cc(C(c3ccccc3)c3cccc4c3c3ccccc3n4C)ccc2-c2c1cc(-c1ccc([Si](C)(C)C)c3ccccc13)c1ccccc21. The van der Waals surface area contributed by atoms with Crippen LogP contribution in [0.3, 0.4) is 0 Å². The molecule has 0 amide bonds. The number of nitrogens with zero attached hydrogens (tertiary/aromatic N) is 1. The van der Waals surface area contributed by atoms with Gasteiger partial charge in [-0.25, -0.2) is 0 Å². The Morgan fingerprint density at radius 1 is 0.500 bits per heavy atom. The van der Waals surface area contributed by atoms with Crippen molar-refractivity contribution in [1.82, 2.24) is 4.57 Å².